The summed E-state index contributed by atoms with van der Waals surface area (Å²) in [6.07, 6.45) is 1.63. The fourth-order valence-corrected chi connectivity index (χ4v) is 3.33. The van der Waals surface area contributed by atoms with E-state index in [4.69, 9.17) is 0 Å². The van der Waals surface area contributed by atoms with Crippen LogP contribution in [0.4, 0.5) is 8.78 Å². The maximum Gasteiger partial charge on any atom is 0.352 e. The average molecular weight is 416 g/mol. The number of halogens is 2. The molecule has 0 aliphatic carbocycles. The zero-order chi connectivity index (χ0) is 21.4. The molecule has 9 heteroatoms. The fraction of sp³-hybridized carbons (Fsp3) is 0.0455. The number of hydrogen-bond acceptors (Lipinski definition) is 5. The highest BCUT2D eigenvalue weighted by Gasteiger charge is 2.20. The maximum atomic E-state index is 13.5. The van der Waals surface area contributed by atoms with Crippen molar-refractivity contribution in [2.24, 2.45) is 0 Å². The van der Waals surface area contributed by atoms with Crippen LogP contribution < -0.4 is 5.69 Å². The van der Waals surface area contributed by atoms with E-state index in [9.17, 15) is 13.6 Å². The minimum atomic E-state index is -0.446. The Labute approximate surface area is 174 Å². The first-order chi connectivity index (χ1) is 15.1. The van der Waals surface area contributed by atoms with Crippen molar-refractivity contribution in [1.82, 2.24) is 29.4 Å². The average Bonchev–Trinajstić information content (AvgIpc) is 3.10. The van der Waals surface area contributed by atoms with Gasteiger partial charge in [0, 0.05) is 17.3 Å². The molecule has 7 nitrogen and oxygen atoms in total. The molecular weight excluding hydrogens is 402 g/mol. The molecule has 0 aliphatic heterocycles. The van der Waals surface area contributed by atoms with Gasteiger partial charge in [-0.2, -0.15) is 0 Å². The number of hydrogen-bond donors (Lipinski definition) is 0. The third kappa shape index (κ3) is 3.46. The first kappa shape index (κ1) is 18.7. The molecule has 5 aromatic rings. The van der Waals surface area contributed by atoms with Gasteiger partial charge >= 0.3 is 5.69 Å². The SMILES string of the molecule is O=c1n(Cc2ccccn2)nc2nnc(-c3ccc(F)cc3)c(-c3ccc(F)cc3)n12. The summed E-state index contributed by atoms with van der Waals surface area (Å²) in [6, 6.07) is 16.7. The summed E-state index contributed by atoms with van der Waals surface area (Å²) in [5.74, 6) is -0.726. The molecule has 0 amide bonds. The van der Waals surface area contributed by atoms with Gasteiger partial charge in [0.2, 0.25) is 0 Å². The van der Waals surface area contributed by atoms with Crippen molar-refractivity contribution in [2.45, 2.75) is 6.54 Å². The van der Waals surface area contributed by atoms with E-state index < -0.39 is 17.3 Å². The third-order valence-electron chi connectivity index (χ3n) is 4.78. The van der Waals surface area contributed by atoms with E-state index in [0.717, 1.165) is 0 Å². The van der Waals surface area contributed by atoms with Crippen LogP contribution in [0.15, 0.2) is 77.7 Å². The molecule has 0 radical (unpaired) electrons. The van der Waals surface area contributed by atoms with Gasteiger partial charge in [-0.3, -0.25) is 4.98 Å². The van der Waals surface area contributed by atoms with E-state index in [1.54, 1.807) is 42.6 Å². The zero-order valence-corrected chi connectivity index (χ0v) is 16.0. The van der Waals surface area contributed by atoms with Gasteiger partial charge in [0.1, 0.15) is 17.3 Å². The lowest BCUT2D eigenvalue weighted by atomic mass is 10.0. The molecule has 0 saturated carbocycles. The number of pyridine rings is 1. The van der Waals surface area contributed by atoms with E-state index in [1.165, 1.54) is 33.3 Å². The minimum absolute atomic E-state index is 0.0890. The molecule has 2 aromatic carbocycles. The highest BCUT2D eigenvalue weighted by atomic mass is 19.1. The summed E-state index contributed by atoms with van der Waals surface area (Å²) in [7, 11) is 0. The number of rotatable bonds is 4. The van der Waals surface area contributed by atoms with Gasteiger partial charge in [-0.15, -0.1) is 15.3 Å². The molecule has 0 atom stereocenters. The second kappa shape index (κ2) is 7.52. The molecule has 0 fully saturated rings. The smallest absolute Gasteiger partial charge is 0.259 e. The number of nitrogens with zero attached hydrogens (tertiary/aromatic N) is 6. The van der Waals surface area contributed by atoms with Crippen molar-refractivity contribution < 1.29 is 8.78 Å². The first-order valence-corrected chi connectivity index (χ1v) is 9.38. The maximum absolute atomic E-state index is 13.5. The van der Waals surface area contributed by atoms with Gasteiger partial charge < -0.3 is 0 Å². The largest absolute Gasteiger partial charge is 0.352 e. The van der Waals surface area contributed by atoms with Crippen molar-refractivity contribution in [3.8, 4) is 22.5 Å². The summed E-state index contributed by atoms with van der Waals surface area (Å²) in [6.45, 7) is 0.151. The van der Waals surface area contributed by atoms with Gasteiger partial charge in [0.05, 0.1) is 17.9 Å². The number of aromatic nitrogens is 6. The molecule has 0 unspecified atom stereocenters. The van der Waals surface area contributed by atoms with Crippen molar-refractivity contribution in [1.29, 1.82) is 0 Å². The summed E-state index contributed by atoms with van der Waals surface area (Å²) in [5.41, 5.74) is 2.04. The molecular formula is C22H14F2N6O. The topological polar surface area (TPSA) is 78.0 Å². The van der Waals surface area contributed by atoms with Gasteiger partial charge in [-0.1, -0.05) is 6.07 Å². The molecule has 152 valence electrons. The van der Waals surface area contributed by atoms with E-state index in [2.05, 4.69) is 20.3 Å². The predicted molar refractivity (Wildman–Crippen MR) is 109 cm³/mol. The Morgan fingerprint density at radius 2 is 1.48 bits per heavy atom. The van der Waals surface area contributed by atoms with Crippen LogP contribution in [0.5, 0.6) is 0 Å². The Hall–Kier alpha value is -4.27. The van der Waals surface area contributed by atoms with Crippen LogP contribution >= 0.6 is 0 Å². The van der Waals surface area contributed by atoms with E-state index in [1.807, 2.05) is 6.07 Å². The zero-order valence-electron chi connectivity index (χ0n) is 16.0. The molecule has 3 heterocycles. The van der Waals surface area contributed by atoms with Gasteiger partial charge in [0.25, 0.3) is 5.78 Å². The second-order valence-electron chi connectivity index (χ2n) is 6.81. The van der Waals surface area contributed by atoms with Crippen molar-refractivity contribution >= 4 is 5.78 Å². The van der Waals surface area contributed by atoms with Crippen LogP contribution in [-0.2, 0) is 6.54 Å². The van der Waals surface area contributed by atoms with Gasteiger partial charge in [0.15, 0.2) is 0 Å². The summed E-state index contributed by atoms with van der Waals surface area (Å²) in [4.78, 5) is 17.5. The van der Waals surface area contributed by atoms with Crippen molar-refractivity contribution in [3.05, 3.63) is 101 Å². The lowest BCUT2D eigenvalue weighted by molar-refractivity contribution is 0.627. The predicted octanol–water partition coefficient (Wildman–Crippen LogP) is 3.34. The molecule has 0 spiro atoms. The number of benzene rings is 2. The Morgan fingerprint density at radius 3 is 2.13 bits per heavy atom. The molecule has 31 heavy (non-hydrogen) atoms. The monoisotopic (exact) mass is 416 g/mol. The van der Waals surface area contributed by atoms with Crippen LogP contribution in [0, 0.1) is 11.6 Å². The summed E-state index contributed by atoms with van der Waals surface area (Å²) >= 11 is 0. The molecule has 0 aliphatic rings. The molecule has 0 N–H and O–H groups in total. The first-order valence-electron chi connectivity index (χ1n) is 9.38. The van der Waals surface area contributed by atoms with E-state index >= 15 is 0 Å². The van der Waals surface area contributed by atoms with Gasteiger partial charge in [-0.05, 0) is 60.7 Å². The van der Waals surface area contributed by atoms with Crippen LogP contribution in [0.25, 0.3) is 28.3 Å². The molecule has 0 bridgehead atoms. The van der Waals surface area contributed by atoms with Crippen molar-refractivity contribution in [3.63, 3.8) is 0 Å². The lowest BCUT2D eigenvalue weighted by Crippen LogP contribution is -2.23. The highest BCUT2D eigenvalue weighted by molar-refractivity contribution is 5.78. The Balaban J connectivity index is 1.76. The quantitative estimate of drug-likeness (QED) is 0.449. The van der Waals surface area contributed by atoms with Crippen molar-refractivity contribution in [2.75, 3.05) is 0 Å². The normalized spacial score (nSPS) is 11.2. The lowest BCUT2D eigenvalue weighted by Gasteiger charge is -2.10. The van der Waals surface area contributed by atoms with E-state index in [0.29, 0.717) is 28.2 Å². The van der Waals surface area contributed by atoms with Crippen LogP contribution in [-0.4, -0.2) is 29.4 Å². The summed E-state index contributed by atoms with van der Waals surface area (Å²) in [5, 5.41) is 12.6. The van der Waals surface area contributed by atoms with Crippen LogP contribution in [0.1, 0.15) is 5.69 Å². The Morgan fingerprint density at radius 1 is 0.806 bits per heavy atom. The number of fused-ring (bicyclic) bond motifs is 1. The second-order valence-corrected chi connectivity index (χ2v) is 6.81. The van der Waals surface area contributed by atoms with Crippen LogP contribution in [0.2, 0.25) is 0 Å². The molecule has 5 rings (SSSR count). The highest BCUT2D eigenvalue weighted by Crippen LogP contribution is 2.29. The Bertz CT molecular complexity index is 1430. The fourth-order valence-electron chi connectivity index (χ4n) is 3.33. The van der Waals surface area contributed by atoms with Crippen LogP contribution in [0.3, 0.4) is 0 Å². The summed E-state index contributed by atoms with van der Waals surface area (Å²) < 4.78 is 29.6. The third-order valence-corrected chi connectivity index (χ3v) is 4.78. The Kier molecular flexibility index (Phi) is 4.55. The minimum Gasteiger partial charge on any atom is -0.259 e. The standard InChI is InChI=1S/C22H14F2N6O/c23-16-8-4-14(5-9-16)19-20(15-6-10-17(24)11-7-15)30-21(27-26-19)28-29(22(30)31)13-18-3-1-2-12-25-18/h1-12H,13H2. The molecule has 3 aromatic heterocycles. The van der Waals surface area contributed by atoms with E-state index in [-0.39, 0.29) is 12.3 Å². The molecule has 0 saturated heterocycles. The van der Waals surface area contributed by atoms with Gasteiger partial charge in [-0.25, -0.2) is 22.7 Å².